The lowest BCUT2D eigenvalue weighted by molar-refractivity contribution is 0.404. The number of aryl methyl sites for hydroxylation is 1. The van der Waals surface area contributed by atoms with Crippen molar-refractivity contribution in [1.82, 2.24) is 20.3 Å². The molecule has 1 fully saturated rings. The summed E-state index contributed by atoms with van der Waals surface area (Å²) in [5, 5.41) is 12.1. The molecule has 1 aromatic heterocycles. The lowest BCUT2D eigenvalue weighted by Gasteiger charge is -2.29. The van der Waals surface area contributed by atoms with Gasteiger partial charge in [0.05, 0.1) is 11.7 Å². The van der Waals surface area contributed by atoms with Crippen LogP contribution in [0.4, 0.5) is 0 Å². The fourth-order valence-electron chi connectivity index (χ4n) is 3.14. The minimum Gasteiger partial charge on any atom is -0.308 e. The molecule has 1 heterocycles. The number of nitrogens with one attached hydrogen (secondary N) is 1. The molecule has 0 aliphatic heterocycles. The van der Waals surface area contributed by atoms with Gasteiger partial charge in [0.1, 0.15) is 0 Å². The Morgan fingerprint density at radius 1 is 1.33 bits per heavy atom. The van der Waals surface area contributed by atoms with Gasteiger partial charge >= 0.3 is 0 Å². The molecule has 3 rings (SSSR count). The Labute approximate surface area is 134 Å². The maximum absolute atomic E-state index is 4.17. The summed E-state index contributed by atoms with van der Waals surface area (Å²) in [4.78, 5) is 0. The van der Waals surface area contributed by atoms with Gasteiger partial charge in [0, 0.05) is 12.5 Å². The number of benzene rings is 1. The van der Waals surface area contributed by atoms with Gasteiger partial charge in [-0.05, 0) is 47.3 Å². The number of hydrogen-bond acceptors (Lipinski definition) is 3. The summed E-state index contributed by atoms with van der Waals surface area (Å²) in [5.74, 6) is 0. The van der Waals surface area contributed by atoms with E-state index >= 15 is 0 Å². The van der Waals surface area contributed by atoms with Gasteiger partial charge in [-0.3, -0.25) is 0 Å². The molecule has 1 aromatic carbocycles. The second-order valence-electron chi connectivity index (χ2n) is 5.80. The Kier molecular flexibility index (Phi) is 4.13. The highest BCUT2D eigenvalue weighted by Crippen LogP contribution is 2.57. The highest BCUT2D eigenvalue weighted by molar-refractivity contribution is 9.10. The second-order valence-corrected chi connectivity index (χ2v) is 6.55. The van der Waals surface area contributed by atoms with E-state index in [0.29, 0.717) is 0 Å². The molecule has 1 N–H and O–H groups in total. The van der Waals surface area contributed by atoms with Gasteiger partial charge in [-0.15, -0.1) is 5.10 Å². The Morgan fingerprint density at radius 2 is 2.05 bits per heavy atom. The molecule has 0 bridgehead atoms. The molecule has 4 nitrogen and oxygen atoms in total. The highest BCUT2D eigenvalue weighted by Gasteiger charge is 2.52. The third-order valence-electron chi connectivity index (χ3n) is 4.39. The number of halogens is 1. The van der Waals surface area contributed by atoms with Crippen molar-refractivity contribution in [2.75, 3.05) is 6.54 Å². The van der Waals surface area contributed by atoms with E-state index in [9.17, 15) is 0 Å². The smallest absolute Gasteiger partial charge is 0.153 e. The predicted octanol–water partition coefficient (Wildman–Crippen LogP) is 3.35. The average Bonchev–Trinajstić information content (AvgIpc) is 3.25. The van der Waals surface area contributed by atoms with Crippen molar-refractivity contribution in [3.8, 4) is 0 Å². The van der Waals surface area contributed by atoms with Crippen molar-refractivity contribution in [1.29, 1.82) is 0 Å². The van der Waals surface area contributed by atoms with Crippen LogP contribution >= 0.6 is 15.9 Å². The number of hydrogen-bond donors (Lipinski definition) is 1. The molecule has 21 heavy (non-hydrogen) atoms. The van der Waals surface area contributed by atoms with Gasteiger partial charge in [0.25, 0.3) is 0 Å². The van der Waals surface area contributed by atoms with Crippen molar-refractivity contribution < 1.29 is 0 Å². The molecule has 0 spiro atoms. The van der Waals surface area contributed by atoms with E-state index < -0.39 is 0 Å². The lowest BCUT2D eigenvalue weighted by atomic mass is 9.86. The van der Waals surface area contributed by atoms with Gasteiger partial charge in [-0.1, -0.05) is 42.5 Å². The second kappa shape index (κ2) is 5.89. The van der Waals surface area contributed by atoms with Crippen LogP contribution in [0, 0.1) is 0 Å². The molecule has 1 aliphatic rings. The first-order valence-corrected chi connectivity index (χ1v) is 8.32. The summed E-state index contributed by atoms with van der Waals surface area (Å²) in [6.45, 7) is 3.19. The highest BCUT2D eigenvalue weighted by atomic mass is 79.9. The first kappa shape index (κ1) is 14.7. The van der Waals surface area contributed by atoms with Crippen molar-refractivity contribution in [2.45, 2.75) is 37.6 Å². The van der Waals surface area contributed by atoms with Crippen molar-refractivity contribution >= 4 is 15.9 Å². The zero-order valence-corrected chi connectivity index (χ0v) is 14.1. The third kappa shape index (κ3) is 2.64. The van der Waals surface area contributed by atoms with Crippen LogP contribution in [0.3, 0.4) is 0 Å². The van der Waals surface area contributed by atoms with Gasteiger partial charge in [0.2, 0.25) is 0 Å². The van der Waals surface area contributed by atoms with Gasteiger partial charge < -0.3 is 5.32 Å². The summed E-state index contributed by atoms with van der Waals surface area (Å²) in [7, 11) is 1.97. The molecule has 5 heteroatoms. The first-order valence-electron chi connectivity index (χ1n) is 7.53. The van der Waals surface area contributed by atoms with E-state index in [2.05, 4.69) is 68.8 Å². The molecule has 0 amide bonds. The van der Waals surface area contributed by atoms with Crippen LogP contribution < -0.4 is 5.32 Å². The van der Waals surface area contributed by atoms with Crippen LogP contribution in [0.1, 0.15) is 43.5 Å². The average molecular weight is 349 g/mol. The number of aromatic nitrogens is 3. The quantitative estimate of drug-likeness (QED) is 0.870. The van der Waals surface area contributed by atoms with E-state index in [0.717, 1.165) is 23.3 Å². The van der Waals surface area contributed by atoms with Crippen LogP contribution in [-0.4, -0.2) is 21.5 Å². The van der Waals surface area contributed by atoms with Crippen LogP contribution in [0.2, 0.25) is 0 Å². The number of rotatable bonds is 6. The maximum Gasteiger partial charge on any atom is 0.153 e. The van der Waals surface area contributed by atoms with Crippen molar-refractivity contribution in [3.05, 3.63) is 46.2 Å². The standard InChI is InChI=1S/C16H21BrN4/c1-3-11-18-14(13-15(17)19-20-21(13)2)16(9-10-16)12-7-5-4-6-8-12/h4-8,14,18H,3,9-11H2,1-2H3. The zero-order valence-electron chi connectivity index (χ0n) is 12.5. The Morgan fingerprint density at radius 3 is 2.57 bits per heavy atom. The Hall–Kier alpha value is -1.20. The molecular formula is C16H21BrN4. The third-order valence-corrected chi connectivity index (χ3v) is 4.95. The van der Waals surface area contributed by atoms with Gasteiger partial charge in [0.15, 0.2) is 4.60 Å². The molecule has 1 saturated carbocycles. The number of nitrogens with zero attached hydrogens (tertiary/aromatic N) is 3. The minimum atomic E-state index is 0.175. The van der Waals surface area contributed by atoms with Crippen LogP contribution in [0.15, 0.2) is 34.9 Å². The fraction of sp³-hybridized carbons (Fsp3) is 0.500. The summed E-state index contributed by atoms with van der Waals surface area (Å²) >= 11 is 3.57. The van der Waals surface area contributed by atoms with E-state index in [4.69, 9.17) is 0 Å². The summed E-state index contributed by atoms with van der Waals surface area (Å²) in [6, 6.07) is 11.1. The van der Waals surface area contributed by atoms with Crippen molar-refractivity contribution in [2.24, 2.45) is 7.05 Å². The van der Waals surface area contributed by atoms with E-state index in [1.165, 1.54) is 18.4 Å². The molecule has 0 saturated heterocycles. The fourth-order valence-corrected chi connectivity index (χ4v) is 3.69. The Bertz CT molecular complexity index is 584. The minimum absolute atomic E-state index is 0.175. The molecule has 112 valence electrons. The topological polar surface area (TPSA) is 42.7 Å². The molecule has 2 aromatic rings. The summed E-state index contributed by atoms with van der Waals surface area (Å²) in [6.07, 6.45) is 3.52. The van der Waals surface area contributed by atoms with E-state index in [1.807, 2.05) is 11.7 Å². The van der Waals surface area contributed by atoms with E-state index in [1.54, 1.807) is 0 Å². The van der Waals surface area contributed by atoms with Crippen LogP contribution in [0.5, 0.6) is 0 Å². The largest absolute Gasteiger partial charge is 0.308 e. The van der Waals surface area contributed by atoms with Crippen molar-refractivity contribution in [3.63, 3.8) is 0 Å². The Balaban J connectivity index is 2.01. The molecule has 1 unspecified atom stereocenters. The summed E-state index contributed by atoms with van der Waals surface area (Å²) < 4.78 is 2.74. The van der Waals surface area contributed by atoms with Gasteiger partial charge in [-0.2, -0.15) is 0 Å². The first-order chi connectivity index (χ1) is 10.2. The molecule has 1 atom stereocenters. The van der Waals surface area contributed by atoms with Gasteiger partial charge in [-0.25, -0.2) is 4.68 Å². The predicted molar refractivity (Wildman–Crippen MR) is 87.1 cm³/mol. The zero-order chi connectivity index (χ0) is 14.9. The molecule has 1 aliphatic carbocycles. The lowest BCUT2D eigenvalue weighted by Crippen LogP contribution is -2.34. The maximum atomic E-state index is 4.17. The summed E-state index contributed by atoms with van der Waals surface area (Å²) in [5.41, 5.74) is 2.73. The SMILES string of the molecule is CCCNC(c1c(Br)nnn1C)C1(c2ccccc2)CC1. The molecule has 0 radical (unpaired) electrons. The van der Waals surface area contributed by atoms with E-state index in [-0.39, 0.29) is 11.5 Å². The molecular weight excluding hydrogens is 328 g/mol. The monoisotopic (exact) mass is 348 g/mol. The van der Waals surface area contributed by atoms with Crippen LogP contribution in [0.25, 0.3) is 0 Å². The van der Waals surface area contributed by atoms with Crippen LogP contribution in [-0.2, 0) is 12.5 Å². The normalized spacial score (nSPS) is 17.7.